The van der Waals surface area contributed by atoms with Gasteiger partial charge in [-0.15, -0.1) is 0 Å². The van der Waals surface area contributed by atoms with Gasteiger partial charge < -0.3 is 0 Å². The first-order chi connectivity index (χ1) is 11.9. The molecule has 3 heteroatoms. The quantitative estimate of drug-likeness (QED) is 0.527. The fourth-order valence-electron chi connectivity index (χ4n) is 2.69. The van der Waals surface area contributed by atoms with E-state index in [1.54, 1.807) is 11.8 Å². The maximum atomic E-state index is 4.96. The zero-order valence-electron chi connectivity index (χ0n) is 15.4. The van der Waals surface area contributed by atoms with Crippen LogP contribution in [0.2, 0.25) is 0 Å². The van der Waals surface area contributed by atoms with Crippen molar-refractivity contribution in [2.24, 2.45) is 4.99 Å². The fourth-order valence-corrected chi connectivity index (χ4v) is 4.85. The van der Waals surface area contributed by atoms with Crippen molar-refractivity contribution in [1.29, 1.82) is 0 Å². The third kappa shape index (κ3) is 5.26. The number of rotatable bonds is 3. The number of thioether (sulfide) groups is 2. The van der Waals surface area contributed by atoms with Gasteiger partial charge in [0, 0.05) is 9.64 Å². The largest absolute Gasteiger partial charge is 0.242 e. The van der Waals surface area contributed by atoms with E-state index in [0.717, 1.165) is 12.1 Å². The van der Waals surface area contributed by atoms with Crippen LogP contribution < -0.4 is 0 Å². The summed E-state index contributed by atoms with van der Waals surface area (Å²) in [5.74, 6) is 0. The Balaban J connectivity index is 1.87. The topological polar surface area (TPSA) is 12.4 Å². The molecule has 0 atom stereocenters. The Morgan fingerprint density at radius 1 is 1.04 bits per heavy atom. The Morgan fingerprint density at radius 3 is 2.52 bits per heavy atom. The Labute approximate surface area is 160 Å². The standard InChI is InChI=1S/C22H25NS2/c1-16-8-10-19(11-9-16)23-21-18(12-13-22(3,4)25-21)15-24-20-7-5-6-17(2)14-20/h5-11,14-15H,12-13H2,1-4H3/b18-15+,23-21?. The number of aliphatic imine (C=N–C) groups is 1. The minimum absolute atomic E-state index is 0.245. The number of nitrogens with zero attached hydrogens (tertiary/aromatic N) is 1. The van der Waals surface area contributed by atoms with Crippen molar-refractivity contribution in [3.05, 3.63) is 70.6 Å². The monoisotopic (exact) mass is 367 g/mol. The van der Waals surface area contributed by atoms with Crippen LogP contribution in [-0.2, 0) is 0 Å². The molecule has 3 rings (SSSR count). The summed E-state index contributed by atoms with van der Waals surface area (Å²) in [6.45, 7) is 8.87. The van der Waals surface area contributed by atoms with E-state index in [4.69, 9.17) is 4.99 Å². The summed E-state index contributed by atoms with van der Waals surface area (Å²) >= 11 is 3.70. The van der Waals surface area contributed by atoms with Gasteiger partial charge in [-0.3, -0.25) is 0 Å². The molecule has 1 nitrogen and oxygen atoms in total. The molecular weight excluding hydrogens is 342 g/mol. The number of aryl methyl sites for hydroxylation is 2. The third-order valence-corrected chi connectivity index (χ3v) is 6.47. The Bertz CT molecular complexity index is 801. The summed E-state index contributed by atoms with van der Waals surface area (Å²) in [6, 6.07) is 17.1. The Morgan fingerprint density at radius 2 is 1.80 bits per heavy atom. The van der Waals surface area contributed by atoms with Crippen LogP contribution in [0.5, 0.6) is 0 Å². The van der Waals surface area contributed by atoms with Crippen molar-refractivity contribution < 1.29 is 0 Å². The lowest BCUT2D eigenvalue weighted by atomic mass is 10.0. The lowest BCUT2D eigenvalue weighted by Gasteiger charge is -2.31. The Kier molecular flexibility index (Phi) is 5.75. The molecule has 2 aromatic carbocycles. The summed E-state index contributed by atoms with van der Waals surface area (Å²) in [5, 5.41) is 3.46. The first-order valence-electron chi connectivity index (χ1n) is 8.68. The summed E-state index contributed by atoms with van der Waals surface area (Å²) < 4.78 is 0.245. The van der Waals surface area contributed by atoms with Crippen molar-refractivity contribution in [2.45, 2.75) is 50.2 Å². The smallest absolute Gasteiger partial charge is 0.101 e. The minimum Gasteiger partial charge on any atom is -0.242 e. The van der Waals surface area contributed by atoms with E-state index in [9.17, 15) is 0 Å². The highest BCUT2D eigenvalue weighted by Crippen LogP contribution is 2.42. The molecule has 1 aliphatic heterocycles. The van der Waals surface area contributed by atoms with E-state index in [2.05, 4.69) is 81.6 Å². The maximum Gasteiger partial charge on any atom is 0.101 e. The lowest BCUT2D eigenvalue weighted by Crippen LogP contribution is -2.24. The van der Waals surface area contributed by atoms with Crippen molar-refractivity contribution in [2.75, 3.05) is 0 Å². The second-order valence-corrected chi connectivity index (χ2v) is 9.83. The van der Waals surface area contributed by atoms with Gasteiger partial charge in [0.15, 0.2) is 0 Å². The molecule has 130 valence electrons. The molecular formula is C22H25NS2. The predicted octanol–water partition coefficient (Wildman–Crippen LogP) is 7.32. The molecule has 0 radical (unpaired) electrons. The van der Waals surface area contributed by atoms with Crippen molar-refractivity contribution in [3.63, 3.8) is 0 Å². The average Bonchev–Trinajstić information content (AvgIpc) is 2.56. The minimum atomic E-state index is 0.245. The molecule has 0 N–H and O–H groups in total. The van der Waals surface area contributed by atoms with Crippen LogP contribution in [0.1, 0.15) is 37.8 Å². The molecule has 0 spiro atoms. The molecule has 0 saturated carbocycles. The van der Waals surface area contributed by atoms with Gasteiger partial charge in [-0.05, 0) is 61.9 Å². The summed E-state index contributed by atoms with van der Waals surface area (Å²) in [5.41, 5.74) is 4.97. The first kappa shape index (κ1) is 18.3. The second kappa shape index (κ2) is 7.84. The van der Waals surface area contributed by atoms with Crippen LogP contribution in [0.25, 0.3) is 0 Å². The van der Waals surface area contributed by atoms with E-state index in [0.29, 0.717) is 0 Å². The highest BCUT2D eigenvalue weighted by Gasteiger charge is 2.29. The highest BCUT2D eigenvalue weighted by atomic mass is 32.2. The SMILES string of the molecule is Cc1ccc(N=C2SC(C)(C)CC/C2=C\Sc2cccc(C)c2)cc1. The van der Waals surface area contributed by atoms with E-state index in [-0.39, 0.29) is 4.75 Å². The summed E-state index contributed by atoms with van der Waals surface area (Å²) in [7, 11) is 0. The predicted molar refractivity (Wildman–Crippen MR) is 114 cm³/mol. The van der Waals surface area contributed by atoms with Gasteiger partial charge in [0.1, 0.15) is 5.04 Å². The van der Waals surface area contributed by atoms with Crippen LogP contribution in [-0.4, -0.2) is 9.79 Å². The van der Waals surface area contributed by atoms with Gasteiger partial charge in [-0.25, -0.2) is 4.99 Å². The molecule has 2 aromatic rings. The van der Waals surface area contributed by atoms with Gasteiger partial charge in [-0.1, -0.05) is 72.8 Å². The fraction of sp³-hybridized carbons (Fsp3) is 0.318. The van der Waals surface area contributed by atoms with Crippen LogP contribution in [0.4, 0.5) is 5.69 Å². The third-order valence-electron chi connectivity index (χ3n) is 4.24. The van der Waals surface area contributed by atoms with E-state index in [1.807, 2.05) is 11.8 Å². The average molecular weight is 368 g/mol. The van der Waals surface area contributed by atoms with Crippen LogP contribution in [0.3, 0.4) is 0 Å². The Hall–Kier alpha value is -1.45. The number of hydrogen-bond donors (Lipinski definition) is 0. The van der Waals surface area contributed by atoms with E-state index < -0.39 is 0 Å². The van der Waals surface area contributed by atoms with Gasteiger partial charge >= 0.3 is 0 Å². The zero-order valence-corrected chi connectivity index (χ0v) is 17.0. The van der Waals surface area contributed by atoms with Crippen LogP contribution >= 0.6 is 23.5 Å². The summed E-state index contributed by atoms with van der Waals surface area (Å²) in [6.07, 6.45) is 2.27. The van der Waals surface area contributed by atoms with Crippen LogP contribution in [0.15, 0.2) is 69.4 Å². The van der Waals surface area contributed by atoms with Gasteiger partial charge in [-0.2, -0.15) is 0 Å². The van der Waals surface area contributed by atoms with Gasteiger partial charge in [0.2, 0.25) is 0 Å². The first-order valence-corrected chi connectivity index (χ1v) is 10.4. The van der Waals surface area contributed by atoms with Crippen molar-refractivity contribution in [1.82, 2.24) is 0 Å². The molecule has 0 aromatic heterocycles. The zero-order chi connectivity index (χ0) is 17.9. The van der Waals surface area contributed by atoms with Gasteiger partial charge in [0.05, 0.1) is 5.69 Å². The van der Waals surface area contributed by atoms with E-state index >= 15 is 0 Å². The van der Waals surface area contributed by atoms with Crippen LogP contribution in [0, 0.1) is 13.8 Å². The van der Waals surface area contributed by atoms with Crippen molar-refractivity contribution >= 4 is 34.3 Å². The molecule has 1 fully saturated rings. The molecule has 25 heavy (non-hydrogen) atoms. The molecule has 1 aliphatic rings. The molecule has 1 heterocycles. The molecule has 0 unspecified atom stereocenters. The molecule has 0 aliphatic carbocycles. The molecule has 0 bridgehead atoms. The van der Waals surface area contributed by atoms with E-state index in [1.165, 1.54) is 33.1 Å². The summed E-state index contributed by atoms with van der Waals surface area (Å²) in [4.78, 5) is 6.25. The molecule has 0 amide bonds. The maximum absolute atomic E-state index is 4.96. The second-order valence-electron chi connectivity index (χ2n) is 7.19. The number of hydrogen-bond acceptors (Lipinski definition) is 3. The lowest BCUT2D eigenvalue weighted by molar-refractivity contribution is 0.640. The highest BCUT2D eigenvalue weighted by molar-refractivity contribution is 8.15. The molecule has 1 saturated heterocycles. The normalized spacial score (nSPS) is 20.2. The van der Waals surface area contributed by atoms with Gasteiger partial charge in [0.25, 0.3) is 0 Å². The van der Waals surface area contributed by atoms with Crippen molar-refractivity contribution in [3.8, 4) is 0 Å². The number of benzene rings is 2.